The zero-order valence-electron chi connectivity index (χ0n) is 23.9. The first kappa shape index (κ1) is 23.8. The molecule has 0 aliphatic heterocycles. The van der Waals surface area contributed by atoms with Crippen molar-refractivity contribution < 1.29 is 0 Å². The topological polar surface area (TPSA) is 31.6 Å². The largest absolute Gasteiger partial charge is 0.358 e. The first-order valence-electron chi connectivity index (χ1n) is 15.0. The molecule has 9 rings (SSSR count). The smallest absolute Gasteiger partial charge is 0.0509 e. The molecule has 5 aromatic carbocycles. The Hall–Kier alpha value is -4.82. The normalized spacial score (nSPS) is 24.5. The summed E-state index contributed by atoms with van der Waals surface area (Å²) in [5, 5.41) is 3.88. The number of rotatable bonds is 2. The number of para-hydroxylation sites is 2. The number of hydrogen-bond donors (Lipinski definition) is 2. The van der Waals surface area contributed by atoms with E-state index < -0.39 is 0 Å². The second-order valence-electron chi connectivity index (χ2n) is 12.6. The Balaban J connectivity index is 1.47. The molecule has 0 bridgehead atoms. The van der Waals surface area contributed by atoms with Gasteiger partial charge in [-0.25, -0.2) is 0 Å². The Morgan fingerprint density at radius 2 is 1.14 bits per heavy atom. The van der Waals surface area contributed by atoms with Crippen LogP contribution < -0.4 is 0 Å². The number of benzene rings is 5. The Labute approximate surface area is 245 Å². The van der Waals surface area contributed by atoms with Gasteiger partial charge in [0.25, 0.3) is 0 Å². The number of fused-ring (bicyclic) bond motifs is 10. The molecule has 0 spiro atoms. The van der Waals surface area contributed by atoms with E-state index in [4.69, 9.17) is 0 Å². The van der Waals surface area contributed by atoms with Crippen molar-refractivity contribution in [1.29, 1.82) is 0 Å². The van der Waals surface area contributed by atoms with Crippen LogP contribution in [0.4, 0.5) is 0 Å². The lowest BCUT2D eigenvalue weighted by molar-refractivity contribution is 0.240. The highest BCUT2D eigenvalue weighted by molar-refractivity contribution is 6.09. The molecule has 2 aliphatic rings. The van der Waals surface area contributed by atoms with Crippen LogP contribution in [0.2, 0.25) is 0 Å². The maximum absolute atomic E-state index is 3.96. The maximum atomic E-state index is 3.96. The first-order chi connectivity index (χ1) is 20.6. The van der Waals surface area contributed by atoms with Crippen molar-refractivity contribution in [3.8, 4) is 0 Å². The van der Waals surface area contributed by atoms with E-state index >= 15 is 0 Å². The molecular formula is C40H32N2. The predicted octanol–water partition coefficient (Wildman–Crippen LogP) is 9.85. The van der Waals surface area contributed by atoms with E-state index in [1.165, 1.54) is 66.2 Å². The molecule has 7 aromatic rings. The van der Waals surface area contributed by atoms with Crippen LogP contribution in [0.25, 0.3) is 38.8 Å². The molecule has 42 heavy (non-hydrogen) atoms. The summed E-state index contributed by atoms with van der Waals surface area (Å²) in [4.78, 5) is 7.88. The first-order valence-corrected chi connectivity index (χ1v) is 15.0. The summed E-state index contributed by atoms with van der Waals surface area (Å²) in [6, 6.07) is 44.7. The molecule has 2 heterocycles. The quantitative estimate of drug-likeness (QED) is 0.219. The van der Waals surface area contributed by atoms with Crippen molar-refractivity contribution in [3.63, 3.8) is 0 Å². The molecule has 4 unspecified atom stereocenters. The molecule has 0 saturated heterocycles. The SMILES string of the molecule is CC1(c2ccccc2)c2c(ccc3c2[nH]c2ccccc23)C(C)(c2ccccc2)C2c3[nH]c4ccccc4c3C=CC21. The summed E-state index contributed by atoms with van der Waals surface area (Å²) >= 11 is 0. The fraction of sp³-hybridized carbons (Fsp3) is 0.150. The lowest BCUT2D eigenvalue weighted by Crippen LogP contribution is -2.51. The number of hydrogen-bond acceptors (Lipinski definition) is 0. The van der Waals surface area contributed by atoms with Crippen LogP contribution in [0.1, 0.15) is 53.3 Å². The monoisotopic (exact) mass is 540 g/mol. The van der Waals surface area contributed by atoms with Gasteiger partial charge < -0.3 is 9.97 Å². The summed E-state index contributed by atoms with van der Waals surface area (Å²) in [6.45, 7) is 4.98. The van der Waals surface area contributed by atoms with E-state index in [0.717, 1.165) is 0 Å². The van der Waals surface area contributed by atoms with Gasteiger partial charge in [-0.15, -0.1) is 0 Å². The van der Waals surface area contributed by atoms with Gasteiger partial charge in [-0.05, 0) is 34.4 Å². The number of aromatic nitrogens is 2. The Bertz CT molecular complexity index is 2180. The van der Waals surface area contributed by atoms with Crippen molar-refractivity contribution >= 4 is 38.8 Å². The van der Waals surface area contributed by atoms with Gasteiger partial charge in [0.05, 0.1) is 5.52 Å². The minimum absolute atomic E-state index is 0.201. The minimum atomic E-state index is -0.276. The van der Waals surface area contributed by atoms with Crippen LogP contribution >= 0.6 is 0 Å². The van der Waals surface area contributed by atoms with Gasteiger partial charge in [-0.1, -0.05) is 135 Å². The summed E-state index contributed by atoms with van der Waals surface area (Å²) in [6.07, 6.45) is 4.93. The van der Waals surface area contributed by atoms with Gasteiger partial charge in [0, 0.05) is 61.1 Å². The number of allylic oxidation sites excluding steroid dienone is 1. The molecule has 4 atom stereocenters. The van der Waals surface area contributed by atoms with Crippen molar-refractivity contribution in [2.45, 2.75) is 30.6 Å². The van der Waals surface area contributed by atoms with Crippen LogP contribution in [0.3, 0.4) is 0 Å². The van der Waals surface area contributed by atoms with Gasteiger partial charge >= 0.3 is 0 Å². The van der Waals surface area contributed by atoms with E-state index in [1.54, 1.807) is 0 Å². The average Bonchev–Trinajstić information content (AvgIpc) is 3.62. The fourth-order valence-corrected chi connectivity index (χ4v) is 8.74. The fourth-order valence-electron chi connectivity index (χ4n) is 8.74. The highest BCUT2D eigenvalue weighted by Crippen LogP contribution is 2.64. The standard InChI is InChI=1S/C40H32N2/c1-39(25-13-5-3-6-14-25)31-23-21-30-28-18-10-12-20-34(28)42-38(30)36(31)40(2,26-15-7-4-8-16-26)32-24-22-29-27-17-9-11-19-33(27)41-37(29)35(32)39/h3-24,31,36,41-42H,1-2H3. The molecule has 2 heteroatoms. The zero-order chi connectivity index (χ0) is 28.1. The van der Waals surface area contributed by atoms with Crippen molar-refractivity contribution in [3.05, 3.63) is 161 Å². The highest BCUT2D eigenvalue weighted by atomic mass is 14.8. The zero-order valence-corrected chi connectivity index (χ0v) is 23.9. The second-order valence-corrected chi connectivity index (χ2v) is 12.6. The van der Waals surface area contributed by atoms with E-state index in [2.05, 4.69) is 157 Å². The van der Waals surface area contributed by atoms with Crippen molar-refractivity contribution in [2.24, 2.45) is 5.92 Å². The Morgan fingerprint density at radius 1 is 0.548 bits per heavy atom. The third-order valence-electron chi connectivity index (χ3n) is 10.7. The van der Waals surface area contributed by atoms with Gasteiger partial charge in [0.15, 0.2) is 0 Å². The molecule has 202 valence electrons. The predicted molar refractivity (Wildman–Crippen MR) is 175 cm³/mol. The molecule has 0 amide bonds. The Morgan fingerprint density at radius 3 is 1.86 bits per heavy atom. The van der Waals surface area contributed by atoms with Crippen LogP contribution in [-0.4, -0.2) is 9.97 Å². The van der Waals surface area contributed by atoms with Gasteiger partial charge in [-0.2, -0.15) is 0 Å². The van der Waals surface area contributed by atoms with E-state index in [1.807, 2.05) is 0 Å². The van der Waals surface area contributed by atoms with Crippen molar-refractivity contribution in [1.82, 2.24) is 9.97 Å². The molecular weight excluding hydrogens is 508 g/mol. The van der Waals surface area contributed by atoms with Gasteiger partial charge in [0.2, 0.25) is 0 Å². The molecule has 2 aliphatic carbocycles. The van der Waals surface area contributed by atoms with E-state index in [0.29, 0.717) is 0 Å². The van der Waals surface area contributed by atoms with Crippen molar-refractivity contribution in [2.75, 3.05) is 0 Å². The van der Waals surface area contributed by atoms with Crippen LogP contribution in [0, 0.1) is 5.92 Å². The second kappa shape index (κ2) is 8.36. The lowest BCUT2D eigenvalue weighted by atomic mass is 9.46. The molecule has 0 radical (unpaired) electrons. The number of H-pyrrole nitrogens is 2. The summed E-state index contributed by atoms with van der Waals surface area (Å²) < 4.78 is 0. The van der Waals surface area contributed by atoms with Gasteiger partial charge in [0.1, 0.15) is 0 Å². The highest BCUT2D eigenvalue weighted by Gasteiger charge is 2.58. The van der Waals surface area contributed by atoms with Crippen LogP contribution in [-0.2, 0) is 10.8 Å². The third-order valence-corrected chi connectivity index (χ3v) is 10.7. The Kier molecular flexibility index (Phi) is 4.75. The maximum Gasteiger partial charge on any atom is 0.0509 e. The molecule has 0 saturated carbocycles. The number of nitrogens with one attached hydrogen (secondary N) is 2. The van der Waals surface area contributed by atoms with E-state index in [-0.39, 0.29) is 22.7 Å². The minimum Gasteiger partial charge on any atom is -0.358 e. The number of aromatic amines is 2. The van der Waals surface area contributed by atoms with Crippen LogP contribution in [0.15, 0.2) is 127 Å². The summed E-state index contributed by atoms with van der Waals surface area (Å²) in [5.74, 6) is 0.419. The molecule has 0 fully saturated rings. The lowest BCUT2D eigenvalue weighted by Gasteiger charge is -2.56. The van der Waals surface area contributed by atoms with E-state index in [9.17, 15) is 0 Å². The molecule has 2 N–H and O–H groups in total. The third kappa shape index (κ3) is 2.89. The summed E-state index contributed by atoms with van der Waals surface area (Å²) in [5.41, 5.74) is 11.3. The molecule has 2 aromatic heterocycles. The van der Waals surface area contributed by atoms with Gasteiger partial charge in [-0.3, -0.25) is 0 Å². The van der Waals surface area contributed by atoms with Crippen LogP contribution in [0.5, 0.6) is 0 Å². The average molecular weight is 541 g/mol. The molecule has 2 nitrogen and oxygen atoms in total. The summed E-state index contributed by atoms with van der Waals surface area (Å²) in [7, 11) is 0.